The highest BCUT2D eigenvalue weighted by atomic mass is 16.2. The van der Waals surface area contributed by atoms with Gasteiger partial charge in [-0.2, -0.15) is 0 Å². The zero-order chi connectivity index (χ0) is 13.5. The summed E-state index contributed by atoms with van der Waals surface area (Å²) in [5.41, 5.74) is 4.79. The van der Waals surface area contributed by atoms with E-state index < -0.39 is 11.2 Å². The number of nitrogens with zero attached hydrogens (tertiary/aromatic N) is 1. The Balaban J connectivity index is 2.36. The lowest BCUT2D eigenvalue weighted by molar-refractivity contribution is 0.502. The highest BCUT2D eigenvalue weighted by Crippen LogP contribution is 2.10. The molecule has 0 bridgehead atoms. The topological polar surface area (TPSA) is 80.9 Å². The summed E-state index contributed by atoms with van der Waals surface area (Å²) in [4.78, 5) is 24.7. The van der Waals surface area contributed by atoms with E-state index in [9.17, 15) is 9.59 Å². The fourth-order valence-electron chi connectivity index (χ4n) is 1.95. The van der Waals surface area contributed by atoms with E-state index in [-0.39, 0.29) is 5.82 Å². The van der Waals surface area contributed by atoms with Gasteiger partial charge in [-0.05, 0) is 12.3 Å². The van der Waals surface area contributed by atoms with E-state index in [2.05, 4.69) is 18.8 Å². The molecule has 3 N–H and O–H groups in total. The maximum atomic E-state index is 11.5. The van der Waals surface area contributed by atoms with Crippen LogP contribution in [0.25, 0.3) is 0 Å². The van der Waals surface area contributed by atoms with Gasteiger partial charge in [0, 0.05) is 12.6 Å². The zero-order valence-electron chi connectivity index (χ0n) is 11.2. The second-order valence-electron chi connectivity index (χ2n) is 5.11. The van der Waals surface area contributed by atoms with Crippen LogP contribution in [0.15, 0.2) is 15.7 Å². The Morgan fingerprint density at radius 2 is 1.89 bits per heavy atom. The van der Waals surface area contributed by atoms with Gasteiger partial charge in [0.25, 0.3) is 5.56 Å². The Hall–Kier alpha value is -1.52. The van der Waals surface area contributed by atoms with Crippen LogP contribution in [-0.2, 0) is 6.54 Å². The number of aromatic amines is 1. The Kier molecular flexibility index (Phi) is 5.68. The van der Waals surface area contributed by atoms with Crippen LogP contribution in [0.5, 0.6) is 0 Å². The van der Waals surface area contributed by atoms with Crippen LogP contribution in [0.2, 0.25) is 0 Å². The standard InChI is InChI=1S/C13H23N3O2/c1-10(2)7-5-3-4-6-8-16-11(14)9-12(17)15-13(16)18/h9-10H,3-8,14H2,1-2H3,(H,15,17,18). The third-order valence-corrected chi connectivity index (χ3v) is 2.98. The summed E-state index contributed by atoms with van der Waals surface area (Å²) >= 11 is 0. The zero-order valence-corrected chi connectivity index (χ0v) is 11.2. The molecule has 0 saturated heterocycles. The van der Waals surface area contributed by atoms with Crippen LogP contribution < -0.4 is 17.0 Å². The monoisotopic (exact) mass is 253 g/mol. The molecule has 102 valence electrons. The van der Waals surface area contributed by atoms with E-state index in [1.54, 1.807) is 0 Å². The summed E-state index contributed by atoms with van der Waals surface area (Å²) in [6.45, 7) is 5.02. The number of H-pyrrole nitrogens is 1. The molecular weight excluding hydrogens is 230 g/mol. The van der Waals surface area contributed by atoms with Gasteiger partial charge in [-0.1, -0.05) is 39.5 Å². The predicted octanol–water partition coefficient (Wildman–Crippen LogP) is 1.73. The van der Waals surface area contributed by atoms with Crippen molar-refractivity contribution in [2.75, 3.05) is 5.73 Å². The second-order valence-corrected chi connectivity index (χ2v) is 5.11. The highest BCUT2D eigenvalue weighted by Gasteiger charge is 2.02. The summed E-state index contributed by atoms with van der Waals surface area (Å²) in [6.07, 6.45) is 5.65. The van der Waals surface area contributed by atoms with Crippen LogP contribution in [0.1, 0.15) is 46.0 Å². The number of nitrogens with one attached hydrogen (secondary N) is 1. The van der Waals surface area contributed by atoms with Crippen LogP contribution in [0.4, 0.5) is 5.82 Å². The largest absolute Gasteiger partial charge is 0.385 e. The molecule has 0 spiro atoms. The first kappa shape index (κ1) is 14.5. The van der Waals surface area contributed by atoms with Gasteiger partial charge < -0.3 is 5.73 Å². The smallest absolute Gasteiger partial charge is 0.329 e. The van der Waals surface area contributed by atoms with Gasteiger partial charge in [-0.15, -0.1) is 0 Å². The number of unbranched alkanes of at least 4 members (excludes halogenated alkanes) is 3. The summed E-state index contributed by atoms with van der Waals surface area (Å²) in [5.74, 6) is 0.994. The number of nitrogen functional groups attached to an aromatic ring is 1. The summed E-state index contributed by atoms with van der Waals surface area (Å²) in [6, 6.07) is 1.25. The van der Waals surface area contributed by atoms with Gasteiger partial charge >= 0.3 is 5.69 Å². The Labute approximate surface area is 107 Å². The van der Waals surface area contributed by atoms with Crippen LogP contribution in [-0.4, -0.2) is 9.55 Å². The first-order chi connectivity index (χ1) is 8.50. The Bertz CT molecular complexity index is 474. The quantitative estimate of drug-likeness (QED) is 0.726. The van der Waals surface area contributed by atoms with Crippen molar-refractivity contribution in [3.8, 4) is 0 Å². The number of hydrogen-bond donors (Lipinski definition) is 2. The number of anilines is 1. The van der Waals surface area contributed by atoms with Crippen molar-refractivity contribution in [2.45, 2.75) is 52.5 Å². The Morgan fingerprint density at radius 1 is 1.22 bits per heavy atom. The summed E-state index contributed by atoms with van der Waals surface area (Å²) < 4.78 is 1.42. The molecule has 5 heteroatoms. The van der Waals surface area contributed by atoms with Gasteiger partial charge in [-0.25, -0.2) is 4.79 Å². The Morgan fingerprint density at radius 3 is 2.50 bits per heavy atom. The maximum Gasteiger partial charge on any atom is 0.329 e. The molecule has 1 heterocycles. The van der Waals surface area contributed by atoms with Gasteiger partial charge in [-0.3, -0.25) is 14.3 Å². The SMILES string of the molecule is CC(C)CCCCCCn1c(N)cc(=O)[nH]c1=O. The molecule has 18 heavy (non-hydrogen) atoms. The molecule has 1 rings (SSSR count). The van der Waals surface area contributed by atoms with Crippen molar-refractivity contribution >= 4 is 5.82 Å². The second kappa shape index (κ2) is 7.03. The number of aromatic nitrogens is 2. The molecule has 0 aliphatic carbocycles. The minimum absolute atomic E-state index is 0.242. The van der Waals surface area contributed by atoms with E-state index in [1.165, 1.54) is 29.9 Å². The van der Waals surface area contributed by atoms with Crippen molar-refractivity contribution in [3.63, 3.8) is 0 Å². The van der Waals surface area contributed by atoms with E-state index in [0.29, 0.717) is 6.54 Å². The first-order valence-electron chi connectivity index (χ1n) is 6.60. The minimum atomic E-state index is -0.439. The average Bonchev–Trinajstić information content (AvgIpc) is 2.25. The molecule has 0 saturated carbocycles. The van der Waals surface area contributed by atoms with Gasteiger partial charge in [0.1, 0.15) is 5.82 Å². The molecule has 0 amide bonds. The summed E-state index contributed by atoms with van der Waals surface area (Å²) in [5, 5.41) is 0. The lowest BCUT2D eigenvalue weighted by atomic mass is 10.0. The predicted molar refractivity (Wildman–Crippen MR) is 73.7 cm³/mol. The first-order valence-corrected chi connectivity index (χ1v) is 6.60. The normalized spacial score (nSPS) is 11.1. The van der Waals surface area contributed by atoms with E-state index in [1.807, 2.05) is 0 Å². The van der Waals surface area contributed by atoms with Crippen molar-refractivity contribution in [2.24, 2.45) is 5.92 Å². The van der Waals surface area contributed by atoms with E-state index in [0.717, 1.165) is 18.8 Å². The van der Waals surface area contributed by atoms with E-state index in [4.69, 9.17) is 5.73 Å². The number of hydrogen-bond acceptors (Lipinski definition) is 3. The lowest BCUT2D eigenvalue weighted by Crippen LogP contribution is -2.31. The molecule has 0 aliphatic rings. The van der Waals surface area contributed by atoms with Crippen LogP contribution in [0.3, 0.4) is 0 Å². The van der Waals surface area contributed by atoms with Crippen molar-refractivity contribution in [1.82, 2.24) is 9.55 Å². The van der Waals surface area contributed by atoms with Crippen molar-refractivity contribution < 1.29 is 0 Å². The fourth-order valence-corrected chi connectivity index (χ4v) is 1.95. The fraction of sp³-hybridized carbons (Fsp3) is 0.692. The van der Waals surface area contributed by atoms with Gasteiger partial charge in [0.05, 0.1) is 0 Å². The number of rotatable bonds is 7. The highest BCUT2D eigenvalue weighted by molar-refractivity contribution is 5.25. The molecule has 1 aromatic rings. The molecule has 0 fully saturated rings. The maximum absolute atomic E-state index is 11.5. The van der Waals surface area contributed by atoms with Crippen molar-refractivity contribution in [3.05, 3.63) is 26.9 Å². The molecule has 0 atom stereocenters. The molecular formula is C13H23N3O2. The van der Waals surface area contributed by atoms with Gasteiger partial charge in [0.15, 0.2) is 0 Å². The van der Waals surface area contributed by atoms with Crippen molar-refractivity contribution in [1.29, 1.82) is 0 Å². The molecule has 1 aromatic heterocycles. The molecule has 0 aliphatic heterocycles. The van der Waals surface area contributed by atoms with E-state index >= 15 is 0 Å². The third-order valence-electron chi connectivity index (χ3n) is 2.98. The lowest BCUT2D eigenvalue weighted by Gasteiger charge is -2.08. The van der Waals surface area contributed by atoms with Gasteiger partial charge in [0.2, 0.25) is 0 Å². The third kappa shape index (κ3) is 4.77. The van der Waals surface area contributed by atoms with Crippen LogP contribution in [0, 0.1) is 5.92 Å². The molecule has 0 radical (unpaired) electrons. The molecule has 0 aromatic carbocycles. The molecule has 5 nitrogen and oxygen atoms in total. The minimum Gasteiger partial charge on any atom is -0.385 e. The average molecular weight is 253 g/mol. The summed E-state index contributed by atoms with van der Waals surface area (Å²) in [7, 11) is 0. The molecule has 0 unspecified atom stereocenters. The number of nitrogens with two attached hydrogens (primary N) is 1. The van der Waals surface area contributed by atoms with Crippen LogP contribution >= 0.6 is 0 Å².